The number of carboxylic acid groups (broad SMARTS) is 1. The van der Waals surface area contributed by atoms with E-state index in [-0.39, 0.29) is 24.5 Å². The Morgan fingerprint density at radius 1 is 0.939 bits per heavy atom. The number of hydrogen-bond acceptors (Lipinski definition) is 4. The van der Waals surface area contributed by atoms with Crippen LogP contribution >= 0.6 is 0 Å². The molecule has 0 bridgehead atoms. The van der Waals surface area contributed by atoms with E-state index in [1.165, 1.54) is 10.6 Å². The number of carbonyl (C=O) groups is 2. The van der Waals surface area contributed by atoms with Gasteiger partial charge in [-0.1, -0.05) is 60.7 Å². The molecule has 0 aliphatic rings. The largest absolute Gasteiger partial charge is 0.480 e. The Labute approximate surface area is 190 Å². The van der Waals surface area contributed by atoms with E-state index in [2.05, 4.69) is 10.3 Å². The molecule has 0 unspecified atom stereocenters. The summed E-state index contributed by atoms with van der Waals surface area (Å²) in [4.78, 5) is 41.5. The summed E-state index contributed by atoms with van der Waals surface area (Å²) in [7, 11) is 0. The number of aromatic nitrogens is 1. The number of aliphatic imine (C=N–C) groups is 1. The van der Waals surface area contributed by atoms with Gasteiger partial charge in [0.25, 0.3) is 11.5 Å². The molecule has 33 heavy (non-hydrogen) atoms. The van der Waals surface area contributed by atoms with Crippen molar-refractivity contribution in [3.63, 3.8) is 0 Å². The minimum absolute atomic E-state index is 0.0166. The van der Waals surface area contributed by atoms with Crippen molar-refractivity contribution < 1.29 is 14.7 Å². The van der Waals surface area contributed by atoms with Crippen LogP contribution in [0.4, 0.5) is 0 Å². The van der Waals surface area contributed by atoms with Crippen LogP contribution in [0.3, 0.4) is 0 Å². The van der Waals surface area contributed by atoms with Gasteiger partial charge in [-0.15, -0.1) is 0 Å². The number of rotatable bonds is 9. The van der Waals surface area contributed by atoms with Gasteiger partial charge in [0.1, 0.15) is 11.6 Å². The maximum absolute atomic E-state index is 13.4. The molecule has 1 aromatic heterocycles. The van der Waals surface area contributed by atoms with E-state index >= 15 is 0 Å². The Kier molecular flexibility index (Phi) is 7.59. The maximum Gasteiger partial charge on any atom is 0.326 e. The molecule has 9 heteroatoms. The van der Waals surface area contributed by atoms with Gasteiger partial charge in [0.15, 0.2) is 5.96 Å². The molecular weight excluding hydrogens is 422 g/mol. The van der Waals surface area contributed by atoms with Crippen LogP contribution in [0.2, 0.25) is 0 Å². The lowest BCUT2D eigenvalue weighted by Crippen LogP contribution is -2.44. The number of pyridine rings is 1. The SMILES string of the molecule is NC(N)=NCC[C@H](NC(=O)c1cccn(C(c2ccccc2)c2ccccc2)c1=O)C(=O)O. The van der Waals surface area contributed by atoms with E-state index in [1.807, 2.05) is 60.7 Å². The zero-order valence-corrected chi connectivity index (χ0v) is 17.8. The minimum atomic E-state index is -1.26. The lowest BCUT2D eigenvalue weighted by Gasteiger charge is -2.22. The average molecular weight is 447 g/mol. The number of nitrogens with one attached hydrogen (secondary N) is 1. The van der Waals surface area contributed by atoms with Gasteiger partial charge in [0.2, 0.25) is 0 Å². The molecule has 170 valence electrons. The Bertz CT molecular complexity index is 1150. The fraction of sp³-hybridized carbons (Fsp3) is 0.167. The first-order chi connectivity index (χ1) is 15.9. The zero-order chi connectivity index (χ0) is 23.8. The smallest absolute Gasteiger partial charge is 0.326 e. The van der Waals surface area contributed by atoms with Gasteiger partial charge in [-0.05, 0) is 29.7 Å². The van der Waals surface area contributed by atoms with Crippen molar-refractivity contribution in [3.05, 3.63) is 106 Å². The van der Waals surface area contributed by atoms with Crippen LogP contribution in [-0.2, 0) is 4.79 Å². The lowest BCUT2D eigenvalue weighted by atomic mass is 9.98. The minimum Gasteiger partial charge on any atom is -0.480 e. The van der Waals surface area contributed by atoms with Crippen LogP contribution in [0.5, 0.6) is 0 Å². The number of nitrogens with two attached hydrogens (primary N) is 2. The summed E-state index contributed by atoms with van der Waals surface area (Å²) >= 11 is 0. The predicted octanol–water partition coefficient (Wildman–Crippen LogP) is 1.33. The molecule has 6 N–H and O–H groups in total. The summed E-state index contributed by atoms with van der Waals surface area (Å²) in [5.41, 5.74) is 11.5. The van der Waals surface area contributed by atoms with Crippen molar-refractivity contribution in [1.29, 1.82) is 0 Å². The summed E-state index contributed by atoms with van der Waals surface area (Å²) in [6.45, 7) is 0.0166. The highest BCUT2D eigenvalue weighted by Crippen LogP contribution is 2.25. The van der Waals surface area contributed by atoms with Gasteiger partial charge in [-0.3, -0.25) is 14.6 Å². The molecule has 0 aliphatic carbocycles. The summed E-state index contributed by atoms with van der Waals surface area (Å²) in [6.07, 6.45) is 1.58. The van der Waals surface area contributed by atoms with E-state index in [0.29, 0.717) is 0 Å². The van der Waals surface area contributed by atoms with Crippen LogP contribution < -0.4 is 22.3 Å². The van der Waals surface area contributed by atoms with Crippen LogP contribution in [-0.4, -0.2) is 40.1 Å². The van der Waals surface area contributed by atoms with Crippen molar-refractivity contribution in [3.8, 4) is 0 Å². The number of carbonyl (C=O) groups excluding carboxylic acids is 1. The number of benzene rings is 2. The van der Waals surface area contributed by atoms with E-state index in [9.17, 15) is 19.5 Å². The first kappa shape index (κ1) is 23.3. The number of carboxylic acids is 1. The third-order valence-electron chi connectivity index (χ3n) is 5.04. The summed E-state index contributed by atoms with van der Waals surface area (Å²) in [5.74, 6) is -2.22. The molecule has 0 spiro atoms. The second-order valence-electron chi connectivity index (χ2n) is 7.32. The molecule has 0 radical (unpaired) electrons. The van der Waals surface area contributed by atoms with E-state index in [4.69, 9.17) is 11.5 Å². The Morgan fingerprint density at radius 2 is 1.52 bits per heavy atom. The molecule has 0 fully saturated rings. The van der Waals surface area contributed by atoms with Crippen molar-refractivity contribution in [1.82, 2.24) is 9.88 Å². The number of hydrogen-bond donors (Lipinski definition) is 4. The Balaban J connectivity index is 1.96. The van der Waals surface area contributed by atoms with Crippen LogP contribution in [0.15, 0.2) is 88.8 Å². The molecule has 3 rings (SSSR count). The molecule has 0 saturated heterocycles. The molecule has 1 heterocycles. The van der Waals surface area contributed by atoms with Gasteiger partial charge in [-0.2, -0.15) is 0 Å². The van der Waals surface area contributed by atoms with Crippen LogP contribution in [0.1, 0.15) is 33.9 Å². The monoisotopic (exact) mass is 447 g/mol. The van der Waals surface area contributed by atoms with Gasteiger partial charge in [0.05, 0.1) is 6.04 Å². The third-order valence-corrected chi connectivity index (χ3v) is 5.04. The molecule has 0 aliphatic heterocycles. The van der Waals surface area contributed by atoms with Crippen LogP contribution in [0.25, 0.3) is 0 Å². The second-order valence-corrected chi connectivity index (χ2v) is 7.32. The first-order valence-corrected chi connectivity index (χ1v) is 10.3. The van der Waals surface area contributed by atoms with Crippen LogP contribution in [0, 0.1) is 0 Å². The van der Waals surface area contributed by atoms with E-state index < -0.39 is 29.5 Å². The van der Waals surface area contributed by atoms with Crippen molar-refractivity contribution in [2.45, 2.75) is 18.5 Å². The summed E-state index contributed by atoms with van der Waals surface area (Å²) < 4.78 is 1.47. The highest BCUT2D eigenvalue weighted by atomic mass is 16.4. The first-order valence-electron chi connectivity index (χ1n) is 10.3. The summed E-state index contributed by atoms with van der Waals surface area (Å²) in [6, 6.07) is 20.1. The number of amides is 1. The van der Waals surface area contributed by atoms with Crippen molar-refractivity contribution >= 4 is 17.8 Å². The average Bonchev–Trinajstić information content (AvgIpc) is 2.80. The third kappa shape index (κ3) is 5.85. The lowest BCUT2D eigenvalue weighted by molar-refractivity contribution is -0.139. The molecule has 1 atom stereocenters. The Hall–Kier alpha value is -4.40. The zero-order valence-electron chi connectivity index (χ0n) is 17.8. The standard InChI is InChI=1S/C24H25N5O4/c25-24(26)27-14-13-19(23(32)33)28-21(30)18-12-7-15-29(22(18)31)20(16-8-3-1-4-9-16)17-10-5-2-6-11-17/h1-12,15,19-20H,13-14H2,(H,28,30)(H,32,33)(H4,25,26,27)/t19-/m0/s1. The molecule has 3 aromatic rings. The topological polar surface area (TPSA) is 153 Å². The fourth-order valence-electron chi connectivity index (χ4n) is 3.49. The van der Waals surface area contributed by atoms with Gasteiger partial charge in [-0.25, -0.2) is 4.79 Å². The van der Waals surface area contributed by atoms with E-state index in [0.717, 1.165) is 11.1 Å². The fourth-order valence-corrected chi connectivity index (χ4v) is 3.49. The van der Waals surface area contributed by atoms with Crippen molar-refractivity contribution in [2.75, 3.05) is 6.54 Å². The van der Waals surface area contributed by atoms with Gasteiger partial charge in [0, 0.05) is 12.7 Å². The molecule has 1 amide bonds. The second kappa shape index (κ2) is 10.8. The number of guanidine groups is 1. The number of nitrogens with zero attached hydrogens (tertiary/aromatic N) is 2. The predicted molar refractivity (Wildman–Crippen MR) is 125 cm³/mol. The number of aliphatic carboxylic acids is 1. The molecule has 9 nitrogen and oxygen atoms in total. The summed E-state index contributed by atoms with van der Waals surface area (Å²) in [5, 5.41) is 11.8. The molecule has 0 saturated carbocycles. The van der Waals surface area contributed by atoms with Gasteiger partial charge < -0.3 is 26.5 Å². The quantitative estimate of drug-likeness (QED) is 0.287. The van der Waals surface area contributed by atoms with Gasteiger partial charge >= 0.3 is 5.97 Å². The molecule has 2 aromatic carbocycles. The highest BCUT2D eigenvalue weighted by molar-refractivity contribution is 5.96. The maximum atomic E-state index is 13.4. The molecular formula is C24H25N5O4. The highest BCUT2D eigenvalue weighted by Gasteiger charge is 2.24. The van der Waals surface area contributed by atoms with Crippen molar-refractivity contribution in [2.24, 2.45) is 16.5 Å². The normalized spacial score (nSPS) is 11.5. The Morgan fingerprint density at radius 3 is 2.03 bits per heavy atom. The van der Waals surface area contributed by atoms with E-state index in [1.54, 1.807) is 12.3 Å².